The van der Waals surface area contributed by atoms with Crippen LogP contribution in [0.3, 0.4) is 0 Å². The lowest BCUT2D eigenvalue weighted by Crippen LogP contribution is -2.23. The van der Waals surface area contributed by atoms with Crippen LogP contribution in [0.5, 0.6) is 0 Å². The van der Waals surface area contributed by atoms with Crippen molar-refractivity contribution >= 4 is 29.3 Å². The fraction of sp³-hybridized carbons (Fsp3) is 0.120. The summed E-state index contributed by atoms with van der Waals surface area (Å²) in [5, 5.41) is 16.7. The molecule has 2 aromatic carbocycles. The Hall–Kier alpha value is -4.42. The lowest BCUT2D eigenvalue weighted by Gasteiger charge is -2.07. The first-order chi connectivity index (χ1) is 16.7. The summed E-state index contributed by atoms with van der Waals surface area (Å²) in [7, 11) is 1.70. The Bertz CT molecular complexity index is 1560. The van der Waals surface area contributed by atoms with Crippen molar-refractivity contribution in [1.29, 1.82) is 5.26 Å². The van der Waals surface area contributed by atoms with Gasteiger partial charge in [-0.15, -0.1) is 0 Å². The third kappa shape index (κ3) is 4.39. The van der Waals surface area contributed by atoms with E-state index in [4.69, 9.17) is 11.6 Å². The van der Waals surface area contributed by atoms with E-state index < -0.39 is 17.3 Å². The van der Waals surface area contributed by atoms with Crippen molar-refractivity contribution in [3.8, 4) is 17.4 Å². The monoisotopic (exact) mass is 490 g/mol. The van der Waals surface area contributed by atoms with E-state index in [1.54, 1.807) is 49.8 Å². The smallest absolute Gasteiger partial charge is 0.295 e. The number of aromatic nitrogens is 4. The number of nitriles is 1. The van der Waals surface area contributed by atoms with Gasteiger partial charge >= 0.3 is 0 Å². The molecule has 2 heterocycles. The minimum absolute atomic E-state index is 0.0623. The molecule has 2 aromatic heterocycles. The van der Waals surface area contributed by atoms with Crippen molar-refractivity contribution in [3.63, 3.8) is 0 Å². The first-order valence-electron chi connectivity index (χ1n) is 10.5. The van der Waals surface area contributed by atoms with Gasteiger partial charge in [-0.05, 0) is 56.3 Å². The molecule has 0 atom stereocenters. The minimum Gasteiger partial charge on any atom is -0.315 e. The molecule has 0 spiro atoms. The van der Waals surface area contributed by atoms with Gasteiger partial charge in [-0.1, -0.05) is 29.8 Å². The first-order valence-corrected chi connectivity index (χ1v) is 10.9. The topological polar surface area (TPSA) is 97.6 Å². The molecule has 1 amide bonds. The van der Waals surface area contributed by atoms with Gasteiger partial charge in [0.15, 0.2) is 0 Å². The predicted octanol–water partition coefficient (Wildman–Crippen LogP) is 4.32. The van der Waals surface area contributed by atoms with E-state index >= 15 is 0 Å². The van der Waals surface area contributed by atoms with Crippen LogP contribution >= 0.6 is 11.6 Å². The predicted molar refractivity (Wildman–Crippen MR) is 131 cm³/mol. The molecule has 0 aliphatic heterocycles. The number of amides is 1. The maximum atomic E-state index is 13.3. The number of rotatable bonds is 5. The summed E-state index contributed by atoms with van der Waals surface area (Å²) in [6.07, 6.45) is 1.31. The summed E-state index contributed by atoms with van der Waals surface area (Å²) >= 11 is 6.48. The van der Waals surface area contributed by atoms with Crippen LogP contribution in [0, 0.1) is 31.0 Å². The molecular formula is C25H20ClFN6O2. The number of benzene rings is 2. The van der Waals surface area contributed by atoms with E-state index in [0.29, 0.717) is 28.3 Å². The normalized spacial score (nSPS) is 11.4. The molecule has 8 nitrogen and oxygen atoms in total. The van der Waals surface area contributed by atoms with E-state index in [9.17, 15) is 19.2 Å². The van der Waals surface area contributed by atoms with Crippen LogP contribution in [-0.4, -0.2) is 25.1 Å². The van der Waals surface area contributed by atoms with Gasteiger partial charge in [0.2, 0.25) is 0 Å². The molecule has 0 saturated heterocycles. The van der Waals surface area contributed by atoms with Crippen LogP contribution < -0.4 is 10.9 Å². The van der Waals surface area contributed by atoms with Crippen LogP contribution in [0.4, 0.5) is 10.1 Å². The second-order valence-corrected chi connectivity index (χ2v) is 8.10. The standard InChI is InChI=1S/C25H20ClFN6O2/c1-15-21(23(26)32(30-15)19-11-9-18(27)10-12-19)13-17(14-28)24(34)29-22-16(2)31(3)33(25(22)35)20-7-5-4-6-8-20/h4-13H,1-3H3,(H,29,34)/b17-13+. The van der Waals surface area contributed by atoms with Crippen LogP contribution in [0.1, 0.15) is 17.0 Å². The Balaban J connectivity index is 1.69. The van der Waals surface area contributed by atoms with Crippen LogP contribution in [0.25, 0.3) is 17.5 Å². The van der Waals surface area contributed by atoms with Crippen molar-refractivity contribution in [2.45, 2.75) is 13.8 Å². The summed E-state index contributed by atoms with van der Waals surface area (Å²) in [6.45, 7) is 3.37. The van der Waals surface area contributed by atoms with E-state index in [1.807, 2.05) is 12.1 Å². The Morgan fingerprint density at radius 3 is 2.40 bits per heavy atom. The summed E-state index contributed by atoms with van der Waals surface area (Å²) in [5.41, 5.74) is 1.85. The zero-order chi connectivity index (χ0) is 25.3. The van der Waals surface area contributed by atoms with Gasteiger partial charge in [0.05, 0.1) is 22.8 Å². The second kappa shape index (κ2) is 9.44. The molecule has 0 saturated carbocycles. The zero-order valence-electron chi connectivity index (χ0n) is 19.1. The molecule has 0 radical (unpaired) electrons. The Labute approximate surface area is 205 Å². The van der Waals surface area contributed by atoms with Crippen molar-refractivity contribution in [2.24, 2.45) is 7.05 Å². The number of aryl methyl sites for hydroxylation is 1. The highest BCUT2D eigenvalue weighted by Gasteiger charge is 2.21. The molecule has 176 valence electrons. The van der Waals surface area contributed by atoms with E-state index in [1.165, 1.54) is 39.7 Å². The van der Waals surface area contributed by atoms with Gasteiger partial charge in [0.25, 0.3) is 11.5 Å². The SMILES string of the molecule is Cc1nn(-c2ccc(F)cc2)c(Cl)c1/C=C(\C#N)C(=O)Nc1c(C)n(C)n(-c2ccccc2)c1=O. The first kappa shape index (κ1) is 23.7. The Morgan fingerprint density at radius 1 is 1.11 bits per heavy atom. The lowest BCUT2D eigenvalue weighted by atomic mass is 10.1. The van der Waals surface area contributed by atoms with E-state index in [-0.39, 0.29) is 16.4 Å². The molecule has 1 N–H and O–H groups in total. The molecule has 0 bridgehead atoms. The van der Waals surface area contributed by atoms with Crippen LogP contribution in [-0.2, 0) is 11.8 Å². The maximum absolute atomic E-state index is 13.3. The number of hydrogen-bond donors (Lipinski definition) is 1. The van der Waals surface area contributed by atoms with Crippen molar-refractivity contribution in [2.75, 3.05) is 5.32 Å². The van der Waals surface area contributed by atoms with E-state index in [0.717, 1.165) is 0 Å². The van der Waals surface area contributed by atoms with E-state index in [2.05, 4.69) is 10.4 Å². The van der Waals surface area contributed by atoms with Crippen LogP contribution in [0.15, 0.2) is 65.0 Å². The molecule has 0 fully saturated rings. The summed E-state index contributed by atoms with van der Waals surface area (Å²) < 4.78 is 17.7. The zero-order valence-corrected chi connectivity index (χ0v) is 19.8. The maximum Gasteiger partial charge on any atom is 0.295 e. The number of halogens is 2. The van der Waals surface area contributed by atoms with Crippen molar-refractivity contribution in [3.05, 3.63) is 98.4 Å². The van der Waals surface area contributed by atoms with Crippen LogP contribution in [0.2, 0.25) is 5.15 Å². The lowest BCUT2D eigenvalue weighted by molar-refractivity contribution is -0.112. The molecule has 10 heteroatoms. The number of nitrogens with zero attached hydrogens (tertiary/aromatic N) is 5. The molecular weight excluding hydrogens is 471 g/mol. The average Bonchev–Trinajstić information content (AvgIpc) is 3.25. The summed E-state index contributed by atoms with van der Waals surface area (Å²) in [6, 6.07) is 16.4. The number of anilines is 1. The van der Waals surface area contributed by atoms with Gasteiger partial charge in [0.1, 0.15) is 28.3 Å². The van der Waals surface area contributed by atoms with Crippen molar-refractivity contribution < 1.29 is 9.18 Å². The largest absolute Gasteiger partial charge is 0.315 e. The highest BCUT2D eigenvalue weighted by molar-refractivity contribution is 6.31. The molecule has 35 heavy (non-hydrogen) atoms. The highest BCUT2D eigenvalue weighted by atomic mass is 35.5. The van der Waals surface area contributed by atoms with Gasteiger partial charge in [0, 0.05) is 12.6 Å². The number of nitrogens with one attached hydrogen (secondary N) is 1. The average molecular weight is 491 g/mol. The second-order valence-electron chi connectivity index (χ2n) is 7.74. The number of carbonyl (C=O) groups is 1. The van der Waals surface area contributed by atoms with Gasteiger partial charge < -0.3 is 5.32 Å². The Kier molecular flexibility index (Phi) is 6.40. The van der Waals surface area contributed by atoms with Gasteiger partial charge in [-0.2, -0.15) is 10.4 Å². The summed E-state index contributed by atoms with van der Waals surface area (Å²) in [4.78, 5) is 26.0. The fourth-order valence-electron chi connectivity index (χ4n) is 3.61. The molecule has 0 aliphatic carbocycles. The third-order valence-electron chi connectivity index (χ3n) is 5.57. The molecule has 4 rings (SSSR count). The third-order valence-corrected chi connectivity index (χ3v) is 5.93. The quantitative estimate of drug-likeness (QED) is 0.333. The molecule has 0 unspecified atom stereocenters. The number of carbonyl (C=O) groups excluding carboxylic acids is 1. The number of hydrogen-bond acceptors (Lipinski definition) is 4. The molecule has 0 aliphatic rings. The minimum atomic E-state index is -0.761. The number of para-hydroxylation sites is 1. The summed E-state index contributed by atoms with van der Waals surface area (Å²) in [5.74, 6) is -1.16. The highest BCUT2D eigenvalue weighted by Crippen LogP contribution is 2.26. The van der Waals surface area contributed by atoms with Crippen molar-refractivity contribution in [1.82, 2.24) is 19.1 Å². The fourth-order valence-corrected chi connectivity index (χ4v) is 3.94. The van der Waals surface area contributed by atoms with Gasteiger partial charge in [-0.25, -0.2) is 13.8 Å². The molecule has 4 aromatic rings. The van der Waals surface area contributed by atoms with Gasteiger partial charge in [-0.3, -0.25) is 14.3 Å². The Morgan fingerprint density at radius 2 is 1.77 bits per heavy atom.